The maximum Gasteiger partial charge on any atom is 0.416 e. The summed E-state index contributed by atoms with van der Waals surface area (Å²) < 4.78 is 66.4. The van der Waals surface area contributed by atoms with Crippen LogP contribution in [-0.4, -0.2) is 18.4 Å². The van der Waals surface area contributed by atoms with Crippen LogP contribution < -0.4 is 5.73 Å². The molecule has 2 aliphatic heterocycles. The van der Waals surface area contributed by atoms with E-state index in [9.17, 15) is 21.6 Å². The summed E-state index contributed by atoms with van der Waals surface area (Å²) in [6, 6.07) is 9.25. The zero-order valence-electron chi connectivity index (χ0n) is 14.4. The number of nitrogens with one attached hydrogen (secondary N) is 1. The molecule has 3 N–H and O–H groups in total. The molecule has 0 aromatic heterocycles. The van der Waals surface area contributed by atoms with E-state index in [1.54, 1.807) is 18.2 Å². The van der Waals surface area contributed by atoms with E-state index in [0.29, 0.717) is 5.57 Å². The number of hydrogen-bond donors (Lipinski definition) is 2. The summed E-state index contributed by atoms with van der Waals surface area (Å²) >= 11 is 0. The van der Waals surface area contributed by atoms with Crippen molar-refractivity contribution in [2.75, 3.05) is 0 Å². The number of piperidine rings is 1. The fourth-order valence-corrected chi connectivity index (χ4v) is 5.69. The number of sulfonamides is 1. The maximum absolute atomic E-state index is 13.4. The number of halogens is 3. The highest BCUT2D eigenvalue weighted by Gasteiger charge is 2.51. The van der Waals surface area contributed by atoms with E-state index in [2.05, 4.69) is 0 Å². The van der Waals surface area contributed by atoms with Gasteiger partial charge in [0.25, 0.3) is 0 Å². The molecule has 0 amide bonds. The molecule has 2 aromatic rings. The number of nitrogens with zero attached hydrogens (tertiary/aromatic N) is 1. The van der Waals surface area contributed by atoms with Crippen molar-refractivity contribution in [3.8, 4) is 0 Å². The first-order valence-corrected chi connectivity index (χ1v) is 9.89. The Balaban J connectivity index is 1.83. The number of fused-ring (bicyclic) bond motifs is 5. The lowest BCUT2D eigenvalue weighted by Gasteiger charge is -2.36. The first-order valence-electron chi connectivity index (χ1n) is 8.45. The van der Waals surface area contributed by atoms with Gasteiger partial charge in [-0.2, -0.15) is 17.5 Å². The average Bonchev–Trinajstić information content (AvgIpc) is 2.91. The molecular weight excluding hydrogens is 391 g/mol. The van der Waals surface area contributed by atoms with E-state index in [4.69, 9.17) is 11.1 Å². The smallest absolute Gasteiger partial charge is 0.404 e. The van der Waals surface area contributed by atoms with Crippen molar-refractivity contribution in [3.05, 3.63) is 77.0 Å². The van der Waals surface area contributed by atoms with Crippen LogP contribution in [0.4, 0.5) is 13.2 Å². The molecule has 28 heavy (non-hydrogen) atoms. The molecule has 4 rings (SSSR count). The molecule has 0 spiro atoms. The van der Waals surface area contributed by atoms with Gasteiger partial charge >= 0.3 is 6.18 Å². The molecule has 5 nitrogen and oxygen atoms in total. The largest absolute Gasteiger partial charge is 0.416 e. The summed E-state index contributed by atoms with van der Waals surface area (Å²) in [6.07, 6.45) is -3.16. The predicted molar refractivity (Wildman–Crippen MR) is 97.0 cm³/mol. The van der Waals surface area contributed by atoms with Crippen molar-refractivity contribution in [3.63, 3.8) is 0 Å². The third-order valence-electron chi connectivity index (χ3n) is 5.19. The highest BCUT2D eigenvalue weighted by Crippen LogP contribution is 2.53. The molecule has 0 radical (unpaired) electrons. The van der Waals surface area contributed by atoms with Gasteiger partial charge in [-0.3, -0.25) is 0 Å². The molecule has 1 saturated heterocycles. The second kappa shape index (κ2) is 6.18. The van der Waals surface area contributed by atoms with Gasteiger partial charge in [0.2, 0.25) is 10.0 Å². The molecule has 1 fully saturated rings. The second-order valence-electron chi connectivity index (χ2n) is 6.71. The number of rotatable bonds is 2. The van der Waals surface area contributed by atoms with E-state index >= 15 is 0 Å². The molecule has 2 aromatic carbocycles. The molecule has 0 aliphatic carbocycles. The SMILES string of the molecule is N=C1CC2c3ccccc3[C@H](/C1=C/N)N2S(=O)(=O)c1ccc(C(F)(F)F)cc1. The van der Waals surface area contributed by atoms with Crippen molar-refractivity contribution in [1.82, 2.24) is 4.31 Å². The third-order valence-corrected chi connectivity index (χ3v) is 7.08. The highest BCUT2D eigenvalue weighted by molar-refractivity contribution is 7.89. The summed E-state index contributed by atoms with van der Waals surface area (Å²) in [7, 11) is -4.12. The minimum Gasteiger partial charge on any atom is -0.404 e. The minimum atomic E-state index is -4.55. The molecule has 2 heterocycles. The van der Waals surface area contributed by atoms with Crippen molar-refractivity contribution >= 4 is 15.7 Å². The topological polar surface area (TPSA) is 87.2 Å². The van der Waals surface area contributed by atoms with Crippen molar-refractivity contribution in [2.24, 2.45) is 5.73 Å². The predicted octanol–water partition coefficient (Wildman–Crippen LogP) is 3.76. The minimum absolute atomic E-state index is 0.149. The molecule has 146 valence electrons. The standard InChI is InChI=1S/C19H16F3N3O2S/c20-19(21,22)11-5-7-12(8-6-11)28(26,27)25-17-9-16(24)15(10-23)18(25)14-4-2-1-3-13(14)17/h1-8,10,17-18,24H,9,23H2/b15-10+,24-16?/t17?,18-/m1/s1. The molecule has 1 unspecified atom stereocenters. The van der Waals surface area contributed by atoms with Crippen LogP contribution in [0, 0.1) is 5.41 Å². The number of hydrogen-bond acceptors (Lipinski definition) is 4. The first-order chi connectivity index (χ1) is 13.2. The van der Waals surface area contributed by atoms with Gasteiger partial charge in [0, 0.05) is 23.9 Å². The van der Waals surface area contributed by atoms with Crippen LogP contribution in [-0.2, 0) is 16.2 Å². The summed E-state index contributed by atoms with van der Waals surface area (Å²) in [4.78, 5) is -0.229. The van der Waals surface area contributed by atoms with Crippen LogP contribution in [0.5, 0.6) is 0 Å². The lowest BCUT2D eigenvalue weighted by atomic mass is 9.95. The van der Waals surface area contributed by atoms with Crippen LogP contribution in [0.2, 0.25) is 0 Å². The normalized spacial score (nSPS) is 23.8. The van der Waals surface area contributed by atoms with E-state index in [1.807, 2.05) is 6.07 Å². The summed E-state index contributed by atoms with van der Waals surface area (Å²) in [5.41, 5.74) is 6.94. The van der Waals surface area contributed by atoms with Gasteiger partial charge in [-0.05, 0) is 35.4 Å². The Labute approximate surface area is 159 Å². The van der Waals surface area contributed by atoms with Crippen LogP contribution in [0.25, 0.3) is 0 Å². The van der Waals surface area contributed by atoms with Gasteiger partial charge in [-0.15, -0.1) is 0 Å². The molecular formula is C19H16F3N3O2S. The Hall–Kier alpha value is -2.65. The van der Waals surface area contributed by atoms with E-state index in [0.717, 1.165) is 35.4 Å². The Bertz CT molecular complexity index is 1090. The van der Waals surface area contributed by atoms with Crippen LogP contribution in [0.1, 0.15) is 35.2 Å². The fraction of sp³-hybridized carbons (Fsp3) is 0.211. The molecule has 2 atom stereocenters. The number of nitrogens with two attached hydrogens (primary N) is 1. The first kappa shape index (κ1) is 18.7. The molecule has 9 heteroatoms. The number of alkyl halides is 3. The van der Waals surface area contributed by atoms with Gasteiger partial charge in [0.1, 0.15) is 0 Å². The average molecular weight is 407 g/mol. The monoisotopic (exact) mass is 407 g/mol. The van der Waals surface area contributed by atoms with E-state index in [-0.39, 0.29) is 17.0 Å². The van der Waals surface area contributed by atoms with Crippen molar-refractivity contribution in [2.45, 2.75) is 29.6 Å². The van der Waals surface area contributed by atoms with Crippen molar-refractivity contribution < 1.29 is 21.6 Å². The fourth-order valence-electron chi connectivity index (χ4n) is 3.93. The van der Waals surface area contributed by atoms with Gasteiger partial charge in [-0.25, -0.2) is 8.42 Å². The molecule has 2 bridgehead atoms. The van der Waals surface area contributed by atoms with E-state index < -0.39 is 33.8 Å². The van der Waals surface area contributed by atoms with Gasteiger partial charge < -0.3 is 11.1 Å². The number of benzene rings is 2. The second-order valence-corrected chi connectivity index (χ2v) is 8.55. The summed E-state index contributed by atoms with van der Waals surface area (Å²) in [5.74, 6) is 0. The van der Waals surface area contributed by atoms with Gasteiger partial charge in [0.15, 0.2) is 0 Å². The maximum atomic E-state index is 13.4. The van der Waals surface area contributed by atoms with Crippen molar-refractivity contribution in [1.29, 1.82) is 5.41 Å². The Morgan fingerprint density at radius 3 is 2.25 bits per heavy atom. The van der Waals surface area contributed by atoms with Gasteiger partial charge in [0.05, 0.1) is 22.5 Å². The van der Waals surface area contributed by atoms with Gasteiger partial charge in [-0.1, -0.05) is 24.3 Å². The van der Waals surface area contributed by atoms with Crippen LogP contribution in [0.3, 0.4) is 0 Å². The molecule has 0 saturated carbocycles. The lowest BCUT2D eigenvalue weighted by molar-refractivity contribution is -0.137. The Morgan fingerprint density at radius 2 is 1.68 bits per heavy atom. The highest BCUT2D eigenvalue weighted by atomic mass is 32.2. The quantitative estimate of drug-likeness (QED) is 0.795. The zero-order chi connectivity index (χ0) is 20.3. The van der Waals surface area contributed by atoms with Crippen LogP contribution >= 0.6 is 0 Å². The Kier molecular flexibility index (Phi) is 4.13. The molecule has 2 aliphatic rings. The lowest BCUT2D eigenvalue weighted by Crippen LogP contribution is -2.40. The zero-order valence-corrected chi connectivity index (χ0v) is 15.3. The third kappa shape index (κ3) is 2.65. The van der Waals surface area contributed by atoms with E-state index in [1.165, 1.54) is 10.5 Å². The Morgan fingerprint density at radius 1 is 1.07 bits per heavy atom. The van der Waals surface area contributed by atoms with Crippen LogP contribution in [0.15, 0.2) is 65.2 Å². The summed E-state index contributed by atoms with van der Waals surface area (Å²) in [6.45, 7) is 0. The summed E-state index contributed by atoms with van der Waals surface area (Å²) in [5, 5.41) is 8.22.